The molecule has 2 aromatic heterocycles. The molecule has 1 atom stereocenters. The average Bonchev–Trinajstić information content (AvgIpc) is 3.18. The topological polar surface area (TPSA) is 106 Å². The van der Waals surface area contributed by atoms with Crippen LogP contribution in [-0.4, -0.2) is 48.9 Å². The average molecular weight is 445 g/mol. The van der Waals surface area contributed by atoms with Crippen LogP contribution in [0.4, 0.5) is 0 Å². The lowest BCUT2D eigenvalue weighted by Gasteiger charge is -2.15. The fourth-order valence-electron chi connectivity index (χ4n) is 2.70. The highest BCUT2D eigenvalue weighted by Crippen LogP contribution is 2.26. The largest absolute Gasteiger partial charge is 0.394 e. The van der Waals surface area contributed by atoms with Gasteiger partial charge in [0.05, 0.1) is 23.6 Å². The highest BCUT2D eigenvalue weighted by atomic mass is 79.9. The quantitative estimate of drug-likeness (QED) is 0.605. The first-order valence-corrected chi connectivity index (χ1v) is 9.66. The Bertz CT molecular complexity index is 971. The molecule has 0 saturated heterocycles. The summed E-state index contributed by atoms with van der Waals surface area (Å²) in [7, 11) is 0. The normalized spacial score (nSPS) is 12.2. The van der Waals surface area contributed by atoms with Gasteiger partial charge in [0.25, 0.3) is 5.91 Å². The van der Waals surface area contributed by atoms with E-state index in [1.165, 1.54) is 0 Å². The van der Waals surface area contributed by atoms with Gasteiger partial charge in [-0.3, -0.25) is 9.78 Å². The zero-order valence-electron chi connectivity index (χ0n) is 15.8. The van der Waals surface area contributed by atoms with Crippen LogP contribution >= 0.6 is 15.9 Å². The van der Waals surface area contributed by atoms with Crippen molar-refractivity contribution >= 4 is 21.8 Å². The van der Waals surface area contributed by atoms with Crippen molar-refractivity contribution in [2.24, 2.45) is 0 Å². The molecule has 146 valence electrons. The van der Waals surface area contributed by atoms with E-state index < -0.39 is 0 Å². The molecule has 0 aliphatic heterocycles. The minimum atomic E-state index is -0.374. The van der Waals surface area contributed by atoms with Crippen molar-refractivity contribution in [2.45, 2.75) is 32.7 Å². The first-order chi connectivity index (χ1) is 13.4. The van der Waals surface area contributed by atoms with E-state index >= 15 is 0 Å². The second-order valence-electron chi connectivity index (χ2n) is 6.75. The Labute approximate surface area is 171 Å². The Morgan fingerprint density at radius 3 is 2.68 bits per heavy atom. The number of tetrazole rings is 1. The lowest BCUT2D eigenvalue weighted by Crippen LogP contribution is -2.35. The van der Waals surface area contributed by atoms with Gasteiger partial charge in [-0.2, -0.15) is 4.68 Å². The lowest BCUT2D eigenvalue weighted by atomic mass is 10.0. The maximum absolute atomic E-state index is 12.9. The number of nitrogens with one attached hydrogen (secondary N) is 1. The molecule has 3 aromatic rings. The zero-order valence-corrected chi connectivity index (χ0v) is 17.4. The molecule has 0 saturated carbocycles. The van der Waals surface area contributed by atoms with Crippen LogP contribution in [0.15, 0.2) is 41.0 Å². The summed E-state index contributed by atoms with van der Waals surface area (Å²) < 4.78 is 2.47. The molecule has 0 aliphatic carbocycles. The Morgan fingerprint density at radius 2 is 2.04 bits per heavy atom. The molecule has 28 heavy (non-hydrogen) atoms. The smallest absolute Gasteiger partial charge is 0.252 e. The van der Waals surface area contributed by atoms with Crippen molar-refractivity contribution in [1.29, 1.82) is 0 Å². The highest BCUT2D eigenvalue weighted by Gasteiger charge is 2.19. The number of nitrogens with zero attached hydrogens (tertiary/aromatic N) is 5. The molecule has 9 heteroatoms. The summed E-state index contributed by atoms with van der Waals surface area (Å²) >= 11 is 3.37. The highest BCUT2D eigenvalue weighted by molar-refractivity contribution is 9.10. The van der Waals surface area contributed by atoms with E-state index in [1.807, 2.05) is 38.1 Å². The molecule has 0 spiro atoms. The number of halogens is 1. The number of hydrogen-bond acceptors (Lipinski definition) is 6. The minimum absolute atomic E-state index is 0.120. The first kappa shape index (κ1) is 20.1. The third kappa shape index (κ3) is 4.26. The van der Waals surface area contributed by atoms with Gasteiger partial charge in [0.15, 0.2) is 5.82 Å². The number of aliphatic hydroxyl groups excluding tert-OH is 1. The molecule has 0 bridgehead atoms. The van der Waals surface area contributed by atoms with Gasteiger partial charge in [0, 0.05) is 28.2 Å². The van der Waals surface area contributed by atoms with Crippen LogP contribution in [0.3, 0.4) is 0 Å². The van der Waals surface area contributed by atoms with Crippen molar-refractivity contribution < 1.29 is 9.90 Å². The van der Waals surface area contributed by atoms with Gasteiger partial charge in [-0.25, -0.2) is 0 Å². The number of aliphatic hydroxyl groups is 1. The lowest BCUT2D eigenvalue weighted by molar-refractivity contribution is 0.0923. The molecular weight excluding hydrogens is 424 g/mol. The SMILES string of the molecule is CC(C)c1nnnn1-c1ccc(-c2ccc(Br)cn2)c(C(=O)N[C@@H](C)CO)c1. The molecule has 1 aromatic carbocycles. The summed E-state index contributed by atoms with van der Waals surface area (Å²) in [5, 5.41) is 24.0. The van der Waals surface area contributed by atoms with Gasteiger partial charge in [0.2, 0.25) is 0 Å². The number of aromatic nitrogens is 5. The summed E-state index contributed by atoms with van der Waals surface area (Å²) in [6, 6.07) is 8.75. The number of amides is 1. The minimum Gasteiger partial charge on any atom is -0.394 e. The van der Waals surface area contributed by atoms with Gasteiger partial charge in [-0.1, -0.05) is 13.8 Å². The number of carbonyl (C=O) groups is 1. The third-order valence-corrected chi connectivity index (χ3v) is 4.63. The fourth-order valence-corrected chi connectivity index (χ4v) is 2.93. The Balaban J connectivity index is 2.11. The summed E-state index contributed by atoms with van der Waals surface area (Å²) in [5.41, 5.74) is 2.45. The molecule has 8 nitrogen and oxygen atoms in total. The van der Waals surface area contributed by atoms with Gasteiger partial charge < -0.3 is 10.4 Å². The van der Waals surface area contributed by atoms with E-state index in [4.69, 9.17) is 0 Å². The number of benzene rings is 1. The second kappa shape index (κ2) is 8.57. The van der Waals surface area contributed by atoms with Crippen molar-refractivity contribution in [2.75, 3.05) is 6.61 Å². The summed E-state index contributed by atoms with van der Waals surface area (Å²) in [6.07, 6.45) is 1.68. The van der Waals surface area contributed by atoms with Crippen molar-refractivity contribution in [3.8, 4) is 16.9 Å². The van der Waals surface area contributed by atoms with Gasteiger partial charge in [0.1, 0.15) is 0 Å². The van der Waals surface area contributed by atoms with Gasteiger partial charge >= 0.3 is 0 Å². The Kier molecular flexibility index (Phi) is 6.15. The summed E-state index contributed by atoms with van der Waals surface area (Å²) in [6.45, 7) is 5.58. The molecule has 2 N–H and O–H groups in total. The van der Waals surface area contributed by atoms with Crippen LogP contribution in [0.1, 0.15) is 42.9 Å². The molecular formula is C19H21BrN6O2. The number of rotatable bonds is 6. The van der Waals surface area contributed by atoms with E-state index in [0.29, 0.717) is 28.3 Å². The van der Waals surface area contributed by atoms with Crippen LogP contribution in [0.2, 0.25) is 0 Å². The fraction of sp³-hybridized carbons (Fsp3) is 0.316. The monoisotopic (exact) mass is 444 g/mol. The maximum atomic E-state index is 12.9. The zero-order chi connectivity index (χ0) is 20.3. The van der Waals surface area contributed by atoms with Gasteiger partial charge in [-0.15, -0.1) is 5.10 Å². The predicted octanol–water partition coefficient (Wildman–Crippen LogP) is 2.72. The number of pyridine rings is 1. The summed E-state index contributed by atoms with van der Waals surface area (Å²) in [5.74, 6) is 0.515. The maximum Gasteiger partial charge on any atom is 0.252 e. The van der Waals surface area contributed by atoms with E-state index in [2.05, 4.69) is 41.8 Å². The van der Waals surface area contributed by atoms with Crippen LogP contribution in [0.5, 0.6) is 0 Å². The molecule has 0 unspecified atom stereocenters. The van der Waals surface area contributed by atoms with Crippen molar-refractivity contribution in [3.63, 3.8) is 0 Å². The second-order valence-corrected chi connectivity index (χ2v) is 7.67. The molecule has 2 heterocycles. The van der Waals surface area contributed by atoms with E-state index in [9.17, 15) is 9.90 Å². The summed E-state index contributed by atoms with van der Waals surface area (Å²) in [4.78, 5) is 17.3. The van der Waals surface area contributed by atoms with E-state index in [1.54, 1.807) is 23.9 Å². The molecule has 1 amide bonds. The van der Waals surface area contributed by atoms with Crippen molar-refractivity contribution in [1.82, 2.24) is 30.5 Å². The van der Waals surface area contributed by atoms with E-state index in [-0.39, 0.29) is 24.5 Å². The van der Waals surface area contributed by atoms with Crippen LogP contribution in [-0.2, 0) is 0 Å². The van der Waals surface area contributed by atoms with Gasteiger partial charge in [-0.05, 0) is 63.6 Å². The Morgan fingerprint density at radius 1 is 1.25 bits per heavy atom. The van der Waals surface area contributed by atoms with Crippen LogP contribution in [0.25, 0.3) is 16.9 Å². The third-order valence-electron chi connectivity index (χ3n) is 4.16. The number of carbonyl (C=O) groups excluding carboxylic acids is 1. The predicted molar refractivity (Wildman–Crippen MR) is 108 cm³/mol. The molecule has 0 fully saturated rings. The van der Waals surface area contributed by atoms with Crippen LogP contribution in [0, 0.1) is 0 Å². The molecule has 0 aliphatic rings. The Hall–Kier alpha value is -2.65. The van der Waals surface area contributed by atoms with E-state index in [0.717, 1.165) is 4.47 Å². The number of hydrogen-bond donors (Lipinski definition) is 2. The first-order valence-electron chi connectivity index (χ1n) is 8.87. The van der Waals surface area contributed by atoms with Crippen LogP contribution < -0.4 is 5.32 Å². The standard InChI is InChI=1S/C19H21BrN6O2/c1-11(2)18-23-24-25-26(18)14-5-6-15(17-7-4-13(20)9-21-17)16(8-14)19(28)22-12(3)10-27/h4-9,11-12,27H,10H2,1-3H3,(H,22,28)/t12-/m0/s1. The van der Waals surface area contributed by atoms with Crippen molar-refractivity contribution in [3.05, 3.63) is 52.4 Å². The molecule has 0 radical (unpaired) electrons. The molecule has 3 rings (SSSR count).